The van der Waals surface area contributed by atoms with Crippen molar-refractivity contribution >= 4 is 29.7 Å². The van der Waals surface area contributed by atoms with Gasteiger partial charge in [0.1, 0.15) is 0 Å². The Morgan fingerprint density at radius 1 is 1.42 bits per heavy atom. The van der Waals surface area contributed by atoms with Crippen molar-refractivity contribution in [3.05, 3.63) is 28.3 Å². The normalized spacial score (nSPS) is 9.25. The fourth-order valence-electron chi connectivity index (χ4n) is 1.12. The minimum atomic E-state index is 0. The van der Waals surface area contributed by atoms with Gasteiger partial charge < -0.3 is 5.73 Å². The number of aryl methyl sites for hydroxylation is 2. The molecule has 2 N–H and O–H groups in total. The lowest BCUT2D eigenvalue weighted by atomic mass is 10.1. The molecule has 0 saturated carbocycles. The van der Waals surface area contributed by atoms with Gasteiger partial charge in [-0.1, -0.05) is 18.5 Å². The van der Waals surface area contributed by atoms with Crippen LogP contribution in [0.2, 0.25) is 5.02 Å². The molecule has 3 heteroatoms. The Labute approximate surface area is 84.3 Å². The van der Waals surface area contributed by atoms with Gasteiger partial charge in [0.2, 0.25) is 0 Å². The van der Waals surface area contributed by atoms with E-state index in [2.05, 4.69) is 6.92 Å². The maximum Gasteiger partial charge on any atom is 0.0412 e. The van der Waals surface area contributed by atoms with Crippen LogP contribution < -0.4 is 5.73 Å². The lowest BCUT2D eigenvalue weighted by Crippen LogP contribution is -1.95. The zero-order valence-corrected chi connectivity index (χ0v) is 8.80. The van der Waals surface area contributed by atoms with Gasteiger partial charge in [-0.3, -0.25) is 0 Å². The van der Waals surface area contributed by atoms with Gasteiger partial charge in [-0.15, -0.1) is 12.4 Å². The molecule has 1 aromatic rings. The monoisotopic (exact) mass is 205 g/mol. The van der Waals surface area contributed by atoms with E-state index < -0.39 is 0 Å². The molecule has 0 radical (unpaired) electrons. The molecule has 12 heavy (non-hydrogen) atoms. The fourth-order valence-corrected chi connectivity index (χ4v) is 1.41. The van der Waals surface area contributed by atoms with Gasteiger partial charge in [0.25, 0.3) is 0 Å². The second kappa shape index (κ2) is 4.58. The molecule has 0 aromatic heterocycles. The molecule has 1 aromatic carbocycles. The number of benzene rings is 1. The summed E-state index contributed by atoms with van der Waals surface area (Å²) in [6.45, 7) is 4.04. The summed E-state index contributed by atoms with van der Waals surface area (Å²) in [5.74, 6) is 0. The highest BCUT2D eigenvalue weighted by Gasteiger charge is 2.01. The predicted molar refractivity (Wildman–Crippen MR) is 57.2 cm³/mol. The Kier molecular flexibility index (Phi) is 4.43. The number of halogens is 2. The quantitative estimate of drug-likeness (QED) is 0.701. The molecule has 0 heterocycles. The molecule has 1 nitrogen and oxygen atoms in total. The number of nitrogens with two attached hydrogens (primary N) is 1. The smallest absolute Gasteiger partial charge is 0.0412 e. The van der Waals surface area contributed by atoms with E-state index in [0.29, 0.717) is 0 Å². The average molecular weight is 206 g/mol. The van der Waals surface area contributed by atoms with Crippen LogP contribution in [0.5, 0.6) is 0 Å². The Balaban J connectivity index is 0.00000121. The maximum absolute atomic E-state index is 5.85. The second-order valence-electron chi connectivity index (χ2n) is 2.65. The third-order valence-electron chi connectivity index (χ3n) is 1.82. The Hall–Kier alpha value is -0.400. The molecule has 0 spiro atoms. The number of anilines is 1. The molecule has 0 amide bonds. The van der Waals surface area contributed by atoms with Crippen LogP contribution in [-0.2, 0) is 6.42 Å². The van der Waals surface area contributed by atoms with E-state index in [1.807, 2.05) is 19.1 Å². The number of nitrogen functional groups attached to an aromatic ring is 1. The topological polar surface area (TPSA) is 26.0 Å². The molecule has 0 saturated heterocycles. The number of hydrogen-bond acceptors (Lipinski definition) is 1. The highest BCUT2D eigenvalue weighted by Crippen LogP contribution is 2.22. The van der Waals surface area contributed by atoms with Gasteiger partial charge >= 0.3 is 0 Å². The molecule has 0 unspecified atom stereocenters. The van der Waals surface area contributed by atoms with Crippen molar-refractivity contribution in [2.75, 3.05) is 5.73 Å². The van der Waals surface area contributed by atoms with Gasteiger partial charge in [-0.2, -0.15) is 0 Å². The first-order chi connectivity index (χ1) is 5.15. The van der Waals surface area contributed by atoms with Crippen LogP contribution in [0.4, 0.5) is 5.69 Å². The minimum Gasteiger partial charge on any atom is -0.398 e. The van der Waals surface area contributed by atoms with Crippen LogP contribution in [0.15, 0.2) is 12.1 Å². The summed E-state index contributed by atoms with van der Waals surface area (Å²) in [5.41, 5.74) is 8.87. The van der Waals surface area contributed by atoms with Gasteiger partial charge in [0.05, 0.1) is 0 Å². The Bertz CT molecular complexity index is 271. The van der Waals surface area contributed by atoms with Crippen LogP contribution in [0.25, 0.3) is 0 Å². The standard InChI is InChI=1S/C9H12ClN.ClH/c1-3-7-5-8(10)4-6(2)9(7)11;/h4-5H,3,11H2,1-2H3;1H. The molecule has 0 fully saturated rings. The highest BCUT2D eigenvalue weighted by molar-refractivity contribution is 6.30. The summed E-state index contributed by atoms with van der Waals surface area (Å²) < 4.78 is 0. The summed E-state index contributed by atoms with van der Waals surface area (Å²) in [4.78, 5) is 0. The SMILES string of the molecule is CCc1cc(Cl)cc(C)c1N.Cl. The van der Waals surface area contributed by atoms with Gasteiger partial charge in [-0.05, 0) is 36.6 Å². The first-order valence-corrected chi connectivity index (χ1v) is 4.07. The van der Waals surface area contributed by atoms with E-state index in [4.69, 9.17) is 17.3 Å². The number of rotatable bonds is 1. The van der Waals surface area contributed by atoms with Crippen molar-refractivity contribution in [1.29, 1.82) is 0 Å². The molecule has 0 aliphatic heterocycles. The average Bonchev–Trinajstić information content (AvgIpc) is 1.96. The lowest BCUT2D eigenvalue weighted by Gasteiger charge is -2.06. The van der Waals surface area contributed by atoms with Crippen LogP contribution >= 0.6 is 24.0 Å². The van der Waals surface area contributed by atoms with E-state index in [-0.39, 0.29) is 12.4 Å². The van der Waals surface area contributed by atoms with E-state index in [9.17, 15) is 0 Å². The van der Waals surface area contributed by atoms with Crippen molar-refractivity contribution in [3.63, 3.8) is 0 Å². The van der Waals surface area contributed by atoms with E-state index in [0.717, 1.165) is 28.3 Å². The summed E-state index contributed by atoms with van der Waals surface area (Å²) in [6, 6.07) is 3.81. The zero-order chi connectivity index (χ0) is 8.43. The number of hydrogen-bond donors (Lipinski definition) is 1. The Morgan fingerprint density at radius 3 is 2.50 bits per heavy atom. The van der Waals surface area contributed by atoms with E-state index >= 15 is 0 Å². The largest absolute Gasteiger partial charge is 0.398 e. The fraction of sp³-hybridized carbons (Fsp3) is 0.333. The van der Waals surface area contributed by atoms with Crippen molar-refractivity contribution in [2.24, 2.45) is 0 Å². The van der Waals surface area contributed by atoms with Crippen molar-refractivity contribution in [3.8, 4) is 0 Å². The van der Waals surface area contributed by atoms with Crippen molar-refractivity contribution < 1.29 is 0 Å². The zero-order valence-electron chi connectivity index (χ0n) is 7.23. The molecule has 0 aliphatic rings. The van der Waals surface area contributed by atoms with Crippen LogP contribution in [0.1, 0.15) is 18.1 Å². The first-order valence-electron chi connectivity index (χ1n) is 3.69. The molecule has 1 rings (SSSR count). The predicted octanol–water partition coefficient (Wildman–Crippen LogP) is 3.21. The summed E-state index contributed by atoms with van der Waals surface area (Å²) in [6.07, 6.45) is 0.938. The van der Waals surface area contributed by atoms with E-state index in [1.54, 1.807) is 0 Å². The summed E-state index contributed by atoms with van der Waals surface area (Å²) in [5, 5.41) is 0.772. The summed E-state index contributed by atoms with van der Waals surface area (Å²) >= 11 is 5.85. The highest BCUT2D eigenvalue weighted by atomic mass is 35.5. The summed E-state index contributed by atoms with van der Waals surface area (Å²) in [7, 11) is 0. The third kappa shape index (κ3) is 2.29. The van der Waals surface area contributed by atoms with Crippen molar-refractivity contribution in [2.45, 2.75) is 20.3 Å². The molecule has 0 bridgehead atoms. The molecular weight excluding hydrogens is 193 g/mol. The van der Waals surface area contributed by atoms with Gasteiger partial charge in [0, 0.05) is 10.7 Å². The lowest BCUT2D eigenvalue weighted by molar-refractivity contribution is 1.14. The minimum absolute atomic E-state index is 0. The third-order valence-corrected chi connectivity index (χ3v) is 2.04. The molecule has 0 aliphatic carbocycles. The van der Waals surface area contributed by atoms with Gasteiger partial charge in [-0.25, -0.2) is 0 Å². The van der Waals surface area contributed by atoms with Crippen LogP contribution in [-0.4, -0.2) is 0 Å². The van der Waals surface area contributed by atoms with Crippen LogP contribution in [0, 0.1) is 6.92 Å². The first kappa shape index (κ1) is 11.6. The van der Waals surface area contributed by atoms with Crippen LogP contribution in [0.3, 0.4) is 0 Å². The molecule has 68 valence electrons. The molecular formula is C9H13Cl2N. The molecule has 0 atom stereocenters. The maximum atomic E-state index is 5.85. The van der Waals surface area contributed by atoms with E-state index in [1.165, 1.54) is 0 Å². The Morgan fingerprint density at radius 2 is 2.00 bits per heavy atom. The second-order valence-corrected chi connectivity index (χ2v) is 3.09. The van der Waals surface area contributed by atoms with Crippen molar-refractivity contribution in [1.82, 2.24) is 0 Å². The van der Waals surface area contributed by atoms with Gasteiger partial charge in [0.15, 0.2) is 0 Å².